The van der Waals surface area contributed by atoms with Gasteiger partial charge in [-0.1, -0.05) is 26.2 Å². The van der Waals surface area contributed by atoms with Crippen molar-refractivity contribution in [3.63, 3.8) is 0 Å². The fourth-order valence-electron chi connectivity index (χ4n) is 4.87. The molecule has 3 rings (SSSR count). The van der Waals surface area contributed by atoms with E-state index in [0.717, 1.165) is 76.0 Å². The second kappa shape index (κ2) is 8.95. The minimum atomic E-state index is -0.484. The van der Waals surface area contributed by atoms with Gasteiger partial charge in [-0.25, -0.2) is 0 Å². The van der Waals surface area contributed by atoms with E-state index in [-0.39, 0.29) is 17.9 Å². The van der Waals surface area contributed by atoms with Crippen molar-refractivity contribution in [2.24, 2.45) is 13.0 Å². The number of nitrogens with zero attached hydrogens (tertiary/aromatic N) is 3. The Kier molecular flexibility index (Phi) is 6.81. The second-order valence-electron chi connectivity index (χ2n) is 9.22. The number of piperidine rings is 1. The van der Waals surface area contributed by atoms with Crippen molar-refractivity contribution < 1.29 is 9.90 Å². The number of aryl methyl sites for hydroxylation is 2. The summed E-state index contributed by atoms with van der Waals surface area (Å²) < 4.78 is 1.89. The maximum atomic E-state index is 12.7. The topological polar surface area (TPSA) is 70.4 Å². The fraction of sp³-hybridized carbons (Fsp3) is 0.818. The molecule has 0 radical (unpaired) electrons. The van der Waals surface area contributed by atoms with Crippen LogP contribution in [0.15, 0.2) is 0 Å². The molecule has 0 unspecified atom stereocenters. The lowest BCUT2D eigenvalue weighted by atomic mass is 9.84. The molecule has 0 spiro atoms. The van der Waals surface area contributed by atoms with E-state index in [4.69, 9.17) is 0 Å². The number of hydrogen-bond acceptors (Lipinski definition) is 4. The molecular formula is C22H38N4O2. The Morgan fingerprint density at radius 3 is 2.46 bits per heavy atom. The summed E-state index contributed by atoms with van der Waals surface area (Å²) in [6.07, 6.45) is 8.12. The van der Waals surface area contributed by atoms with E-state index in [0.29, 0.717) is 0 Å². The highest BCUT2D eigenvalue weighted by atomic mass is 16.3. The van der Waals surface area contributed by atoms with Crippen LogP contribution in [-0.2, 0) is 18.3 Å². The molecule has 1 aromatic heterocycles. The van der Waals surface area contributed by atoms with E-state index in [9.17, 15) is 9.90 Å². The molecule has 1 aliphatic heterocycles. The molecule has 158 valence electrons. The average Bonchev–Trinajstić information content (AvgIpc) is 2.89. The number of aliphatic hydroxyl groups is 1. The Hall–Kier alpha value is -1.40. The molecule has 1 saturated carbocycles. The third-order valence-electron chi connectivity index (χ3n) is 6.85. The summed E-state index contributed by atoms with van der Waals surface area (Å²) in [4.78, 5) is 15.1. The number of carbonyl (C=O) groups is 1. The highest BCUT2D eigenvalue weighted by Gasteiger charge is 2.33. The van der Waals surface area contributed by atoms with Crippen molar-refractivity contribution in [1.82, 2.24) is 20.0 Å². The number of β-amino-alcohol motifs (C(OH)–C–C–N with tert-alkyl or cyclic N) is 1. The third-order valence-corrected chi connectivity index (χ3v) is 6.85. The minimum absolute atomic E-state index is 0.0532. The SMILES string of the molecule is Cc1nn(C)c(C)c1C[C@@H](C)C(=O)NC1CCN(CC2(O)CCCCC2)CC1. The Labute approximate surface area is 169 Å². The molecule has 1 amide bonds. The van der Waals surface area contributed by atoms with Crippen LogP contribution in [0.5, 0.6) is 0 Å². The van der Waals surface area contributed by atoms with Gasteiger partial charge in [-0.05, 0) is 51.5 Å². The van der Waals surface area contributed by atoms with Crippen molar-refractivity contribution in [1.29, 1.82) is 0 Å². The lowest BCUT2D eigenvalue weighted by molar-refractivity contribution is -0.125. The Bertz CT molecular complexity index is 670. The molecule has 2 heterocycles. The van der Waals surface area contributed by atoms with Crippen LogP contribution >= 0.6 is 0 Å². The van der Waals surface area contributed by atoms with Gasteiger partial charge in [0.15, 0.2) is 0 Å². The van der Waals surface area contributed by atoms with E-state index >= 15 is 0 Å². The fourth-order valence-corrected chi connectivity index (χ4v) is 4.87. The van der Waals surface area contributed by atoms with Crippen molar-refractivity contribution in [2.45, 2.75) is 83.8 Å². The molecule has 2 N–H and O–H groups in total. The number of rotatable bonds is 6. The number of likely N-dealkylation sites (tertiary alicyclic amines) is 1. The van der Waals surface area contributed by atoms with E-state index in [1.54, 1.807) is 0 Å². The van der Waals surface area contributed by atoms with Gasteiger partial charge >= 0.3 is 0 Å². The highest BCUT2D eigenvalue weighted by molar-refractivity contribution is 5.79. The molecule has 2 fully saturated rings. The molecule has 28 heavy (non-hydrogen) atoms. The molecule has 1 aliphatic carbocycles. The predicted octanol–water partition coefficient (Wildman–Crippen LogP) is 2.49. The summed E-state index contributed by atoms with van der Waals surface area (Å²) >= 11 is 0. The molecule has 6 heteroatoms. The summed E-state index contributed by atoms with van der Waals surface area (Å²) in [5, 5.41) is 18.5. The normalized spacial score (nSPS) is 22.2. The smallest absolute Gasteiger partial charge is 0.223 e. The highest BCUT2D eigenvalue weighted by Crippen LogP contribution is 2.29. The summed E-state index contributed by atoms with van der Waals surface area (Å²) in [6.45, 7) is 8.81. The number of aromatic nitrogens is 2. The van der Waals surface area contributed by atoms with Crippen LogP contribution in [0.2, 0.25) is 0 Å². The molecule has 1 aromatic rings. The van der Waals surface area contributed by atoms with Crippen LogP contribution in [0.3, 0.4) is 0 Å². The minimum Gasteiger partial charge on any atom is -0.389 e. The summed E-state index contributed by atoms with van der Waals surface area (Å²) in [5.41, 5.74) is 2.88. The zero-order valence-electron chi connectivity index (χ0n) is 18.1. The number of nitrogens with one attached hydrogen (secondary N) is 1. The predicted molar refractivity (Wildman–Crippen MR) is 111 cm³/mol. The Morgan fingerprint density at radius 2 is 1.89 bits per heavy atom. The van der Waals surface area contributed by atoms with Gasteiger partial charge in [0.1, 0.15) is 0 Å². The quantitative estimate of drug-likeness (QED) is 0.783. The van der Waals surface area contributed by atoms with Gasteiger partial charge in [0.2, 0.25) is 5.91 Å². The van der Waals surface area contributed by atoms with Crippen LogP contribution in [0, 0.1) is 19.8 Å². The van der Waals surface area contributed by atoms with Gasteiger partial charge in [-0.15, -0.1) is 0 Å². The van der Waals surface area contributed by atoms with E-state index in [1.807, 2.05) is 25.6 Å². The van der Waals surface area contributed by atoms with E-state index in [1.165, 1.54) is 12.0 Å². The summed E-state index contributed by atoms with van der Waals surface area (Å²) in [6, 6.07) is 0.253. The van der Waals surface area contributed by atoms with Crippen LogP contribution in [0.4, 0.5) is 0 Å². The molecule has 0 aromatic carbocycles. The Balaban J connectivity index is 1.44. The van der Waals surface area contributed by atoms with Crippen molar-refractivity contribution >= 4 is 5.91 Å². The lowest BCUT2D eigenvalue weighted by Gasteiger charge is -2.40. The van der Waals surface area contributed by atoms with Gasteiger partial charge in [-0.3, -0.25) is 9.48 Å². The molecule has 6 nitrogen and oxygen atoms in total. The first-order chi connectivity index (χ1) is 13.3. The van der Waals surface area contributed by atoms with Gasteiger partial charge in [-0.2, -0.15) is 5.10 Å². The van der Waals surface area contributed by atoms with Crippen molar-refractivity contribution in [2.75, 3.05) is 19.6 Å². The largest absolute Gasteiger partial charge is 0.389 e. The Morgan fingerprint density at radius 1 is 1.25 bits per heavy atom. The first-order valence-corrected chi connectivity index (χ1v) is 11.0. The van der Waals surface area contributed by atoms with Gasteiger partial charge in [0.05, 0.1) is 11.3 Å². The molecule has 0 bridgehead atoms. The lowest BCUT2D eigenvalue weighted by Crippen LogP contribution is -2.51. The maximum Gasteiger partial charge on any atom is 0.223 e. The van der Waals surface area contributed by atoms with Crippen LogP contribution in [0.25, 0.3) is 0 Å². The first-order valence-electron chi connectivity index (χ1n) is 11.0. The summed E-state index contributed by atoms with van der Waals surface area (Å²) in [7, 11) is 1.95. The zero-order chi connectivity index (χ0) is 20.3. The standard InChI is InChI=1S/C22H38N4O2/c1-16(14-20-17(2)24-25(4)18(20)3)21(27)23-19-8-12-26(13-9-19)15-22(28)10-6-5-7-11-22/h16,19,28H,5-15H2,1-4H3,(H,23,27)/t16-/m1/s1. The monoisotopic (exact) mass is 390 g/mol. The van der Waals surface area contributed by atoms with Crippen LogP contribution < -0.4 is 5.32 Å². The van der Waals surface area contributed by atoms with Crippen molar-refractivity contribution in [3.05, 3.63) is 17.0 Å². The third kappa shape index (κ3) is 5.15. The van der Waals surface area contributed by atoms with Gasteiger partial charge in [0, 0.05) is 44.3 Å². The molecule has 2 aliphatic rings. The average molecular weight is 391 g/mol. The van der Waals surface area contributed by atoms with E-state index < -0.39 is 5.60 Å². The molecule has 1 saturated heterocycles. The zero-order valence-corrected chi connectivity index (χ0v) is 18.1. The number of hydrogen-bond donors (Lipinski definition) is 2. The van der Waals surface area contributed by atoms with E-state index in [2.05, 4.69) is 22.2 Å². The van der Waals surface area contributed by atoms with Gasteiger partial charge in [0.25, 0.3) is 0 Å². The first kappa shape index (κ1) is 21.3. The van der Waals surface area contributed by atoms with Crippen molar-refractivity contribution in [3.8, 4) is 0 Å². The second-order valence-corrected chi connectivity index (χ2v) is 9.22. The number of carbonyl (C=O) groups excluding carboxylic acids is 1. The van der Waals surface area contributed by atoms with Crippen LogP contribution in [0.1, 0.15) is 68.8 Å². The summed E-state index contributed by atoms with van der Waals surface area (Å²) in [5.74, 6) is 0.0922. The molecule has 1 atom stereocenters. The maximum absolute atomic E-state index is 12.7. The van der Waals surface area contributed by atoms with Crippen LogP contribution in [-0.4, -0.2) is 57.0 Å². The molecular weight excluding hydrogens is 352 g/mol. The number of amides is 1. The van der Waals surface area contributed by atoms with Gasteiger partial charge < -0.3 is 15.3 Å².